The molecule has 0 aliphatic carbocycles. The van der Waals surface area contributed by atoms with E-state index in [0.717, 1.165) is 5.57 Å². The van der Waals surface area contributed by atoms with Crippen molar-refractivity contribution in [3.8, 4) is 0 Å². The lowest BCUT2D eigenvalue weighted by molar-refractivity contribution is -0.129. The number of nitrogens with one attached hydrogen (secondary N) is 1. The summed E-state index contributed by atoms with van der Waals surface area (Å²) in [5, 5.41) is 2.90. The predicted molar refractivity (Wildman–Crippen MR) is 37.6 cm³/mol. The fraction of sp³-hybridized carbons (Fsp3) is 0.571. The molecule has 0 spiro atoms. The third kappa shape index (κ3) is 1.65. The van der Waals surface area contributed by atoms with Crippen LogP contribution in [0.5, 0.6) is 0 Å². The Morgan fingerprint density at radius 3 is 3.00 bits per heavy atom. The molecule has 1 saturated heterocycles. The SMILES string of the molecule is C=C(C)C1NCC(=O)CO1. The third-order valence-electron chi connectivity index (χ3n) is 1.34. The van der Waals surface area contributed by atoms with Crippen molar-refractivity contribution in [2.24, 2.45) is 0 Å². The largest absolute Gasteiger partial charge is 0.352 e. The first-order valence-electron chi connectivity index (χ1n) is 3.22. The standard InChI is InChI=1S/C7H11NO2/c1-5(2)7-8-3-6(9)4-10-7/h7-8H,1,3-4H2,2H3. The zero-order valence-corrected chi connectivity index (χ0v) is 6.02. The summed E-state index contributed by atoms with van der Waals surface area (Å²) in [5.74, 6) is 0.0949. The highest BCUT2D eigenvalue weighted by Crippen LogP contribution is 2.02. The maximum absolute atomic E-state index is 10.6. The predicted octanol–water partition coefficient (Wildman–Crippen LogP) is 0.0775. The Kier molecular flexibility index (Phi) is 2.19. The zero-order chi connectivity index (χ0) is 7.56. The van der Waals surface area contributed by atoms with Crippen LogP contribution in [0.15, 0.2) is 12.2 Å². The second-order valence-electron chi connectivity index (χ2n) is 2.46. The van der Waals surface area contributed by atoms with E-state index in [0.29, 0.717) is 6.54 Å². The lowest BCUT2D eigenvalue weighted by Gasteiger charge is -2.23. The van der Waals surface area contributed by atoms with Gasteiger partial charge >= 0.3 is 0 Å². The fourth-order valence-corrected chi connectivity index (χ4v) is 0.809. The molecular weight excluding hydrogens is 130 g/mol. The third-order valence-corrected chi connectivity index (χ3v) is 1.34. The van der Waals surface area contributed by atoms with Crippen molar-refractivity contribution in [1.29, 1.82) is 0 Å². The van der Waals surface area contributed by atoms with Gasteiger partial charge in [0.1, 0.15) is 12.8 Å². The second kappa shape index (κ2) is 2.94. The zero-order valence-electron chi connectivity index (χ0n) is 6.02. The maximum atomic E-state index is 10.6. The molecule has 1 N–H and O–H groups in total. The Balaban J connectivity index is 2.40. The maximum Gasteiger partial charge on any atom is 0.172 e. The summed E-state index contributed by atoms with van der Waals surface area (Å²) in [6, 6.07) is 0. The van der Waals surface area contributed by atoms with E-state index in [1.165, 1.54) is 0 Å². The van der Waals surface area contributed by atoms with Gasteiger partial charge in [-0.25, -0.2) is 0 Å². The Morgan fingerprint density at radius 2 is 2.60 bits per heavy atom. The molecule has 1 rings (SSSR count). The van der Waals surface area contributed by atoms with Crippen LogP contribution in [-0.2, 0) is 9.53 Å². The molecule has 1 unspecified atom stereocenters. The Morgan fingerprint density at radius 1 is 1.90 bits per heavy atom. The van der Waals surface area contributed by atoms with Crippen molar-refractivity contribution in [3.05, 3.63) is 12.2 Å². The summed E-state index contributed by atoms with van der Waals surface area (Å²) >= 11 is 0. The lowest BCUT2D eigenvalue weighted by Crippen LogP contribution is -2.44. The number of hydrogen-bond acceptors (Lipinski definition) is 3. The summed E-state index contributed by atoms with van der Waals surface area (Å²) in [6.45, 7) is 6.19. The molecule has 0 bridgehead atoms. The fourth-order valence-electron chi connectivity index (χ4n) is 0.809. The Hall–Kier alpha value is -0.670. The molecule has 0 aromatic heterocycles. The highest BCUT2D eigenvalue weighted by Gasteiger charge is 2.17. The van der Waals surface area contributed by atoms with Crippen LogP contribution in [0.2, 0.25) is 0 Å². The van der Waals surface area contributed by atoms with Gasteiger partial charge in [0, 0.05) is 0 Å². The van der Waals surface area contributed by atoms with Crippen LogP contribution < -0.4 is 5.32 Å². The minimum absolute atomic E-state index is 0.0949. The van der Waals surface area contributed by atoms with Gasteiger partial charge in [-0.2, -0.15) is 0 Å². The molecule has 0 aromatic rings. The molecule has 56 valence electrons. The van der Waals surface area contributed by atoms with E-state index in [1.807, 2.05) is 6.92 Å². The topological polar surface area (TPSA) is 38.3 Å². The van der Waals surface area contributed by atoms with Crippen LogP contribution in [0.3, 0.4) is 0 Å². The first kappa shape index (κ1) is 7.44. The molecule has 0 saturated carbocycles. The van der Waals surface area contributed by atoms with Crippen LogP contribution in [-0.4, -0.2) is 25.2 Å². The summed E-state index contributed by atoms with van der Waals surface area (Å²) in [5.41, 5.74) is 0.910. The van der Waals surface area contributed by atoms with E-state index in [9.17, 15) is 4.79 Å². The van der Waals surface area contributed by atoms with E-state index < -0.39 is 0 Å². The van der Waals surface area contributed by atoms with Crippen LogP contribution in [0.4, 0.5) is 0 Å². The second-order valence-corrected chi connectivity index (χ2v) is 2.46. The van der Waals surface area contributed by atoms with Crippen molar-refractivity contribution in [1.82, 2.24) is 5.32 Å². The van der Waals surface area contributed by atoms with Gasteiger partial charge in [-0.05, 0) is 12.5 Å². The smallest absolute Gasteiger partial charge is 0.172 e. The summed E-state index contributed by atoms with van der Waals surface area (Å²) in [4.78, 5) is 10.6. The van der Waals surface area contributed by atoms with Crippen molar-refractivity contribution < 1.29 is 9.53 Å². The summed E-state index contributed by atoms with van der Waals surface area (Å²) in [7, 11) is 0. The van der Waals surface area contributed by atoms with E-state index >= 15 is 0 Å². The van der Waals surface area contributed by atoms with Gasteiger partial charge in [-0.1, -0.05) is 6.58 Å². The van der Waals surface area contributed by atoms with Gasteiger partial charge in [0.25, 0.3) is 0 Å². The molecule has 3 nitrogen and oxygen atoms in total. The number of carbonyl (C=O) groups is 1. The summed E-state index contributed by atoms with van der Waals surface area (Å²) < 4.78 is 5.09. The number of hydrogen-bond donors (Lipinski definition) is 1. The lowest BCUT2D eigenvalue weighted by atomic mass is 10.2. The van der Waals surface area contributed by atoms with E-state index in [4.69, 9.17) is 4.74 Å². The number of rotatable bonds is 1. The van der Waals surface area contributed by atoms with Crippen molar-refractivity contribution in [3.63, 3.8) is 0 Å². The van der Waals surface area contributed by atoms with Crippen molar-refractivity contribution in [2.75, 3.05) is 13.2 Å². The average molecular weight is 141 g/mol. The van der Waals surface area contributed by atoms with Crippen molar-refractivity contribution in [2.45, 2.75) is 13.2 Å². The van der Waals surface area contributed by atoms with Gasteiger partial charge in [-0.15, -0.1) is 0 Å². The van der Waals surface area contributed by atoms with Gasteiger partial charge < -0.3 is 4.74 Å². The van der Waals surface area contributed by atoms with Crippen LogP contribution >= 0.6 is 0 Å². The first-order chi connectivity index (χ1) is 4.70. The molecule has 3 heteroatoms. The van der Waals surface area contributed by atoms with E-state index in [2.05, 4.69) is 11.9 Å². The molecule has 1 aliphatic rings. The molecule has 0 amide bonds. The number of ether oxygens (including phenoxy) is 1. The van der Waals surface area contributed by atoms with Crippen LogP contribution in [0, 0.1) is 0 Å². The molecule has 1 aliphatic heterocycles. The quantitative estimate of drug-likeness (QED) is 0.525. The Bertz CT molecular complexity index is 155. The van der Waals surface area contributed by atoms with E-state index in [-0.39, 0.29) is 18.6 Å². The van der Waals surface area contributed by atoms with Crippen LogP contribution in [0.25, 0.3) is 0 Å². The average Bonchev–Trinajstić information content (AvgIpc) is 1.88. The molecule has 1 heterocycles. The van der Waals surface area contributed by atoms with Gasteiger partial charge in [0.05, 0.1) is 6.54 Å². The molecule has 10 heavy (non-hydrogen) atoms. The van der Waals surface area contributed by atoms with Crippen molar-refractivity contribution >= 4 is 5.78 Å². The number of ketones is 1. The van der Waals surface area contributed by atoms with Gasteiger partial charge in [0.2, 0.25) is 0 Å². The molecule has 0 aromatic carbocycles. The van der Waals surface area contributed by atoms with Gasteiger partial charge in [0.15, 0.2) is 5.78 Å². The highest BCUT2D eigenvalue weighted by molar-refractivity contribution is 5.82. The first-order valence-corrected chi connectivity index (χ1v) is 3.22. The highest BCUT2D eigenvalue weighted by atomic mass is 16.5. The minimum atomic E-state index is -0.127. The van der Waals surface area contributed by atoms with Crippen LogP contribution in [0.1, 0.15) is 6.92 Å². The molecule has 0 radical (unpaired) electrons. The minimum Gasteiger partial charge on any atom is -0.352 e. The number of Topliss-reactive ketones (excluding diaryl/α,β-unsaturated/α-hetero) is 1. The molecule has 1 atom stereocenters. The summed E-state index contributed by atoms with van der Waals surface area (Å²) in [6.07, 6.45) is -0.127. The normalized spacial score (nSPS) is 26.5. The molecular formula is C7H11NO2. The number of carbonyl (C=O) groups excluding carboxylic acids is 1. The van der Waals surface area contributed by atoms with Gasteiger partial charge in [-0.3, -0.25) is 10.1 Å². The molecule has 1 fully saturated rings. The van der Waals surface area contributed by atoms with E-state index in [1.54, 1.807) is 0 Å². The Labute approximate surface area is 60.1 Å². The monoisotopic (exact) mass is 141 g/mol.